The predicted octanol–water partition coefficient (Wildman–Crippen LogP) is 2.00. The Labute approximate surface area is 109 Å². The Kier molecular flexibility index (Phi) is 4.37. The highest BCUT2D eigenvalue weighted by Gasteiger charge is 2.23. The number of hydrogen-bond acceptors (Lipinski definition) is 2. The first-order chi connectivity index (χ1) is 8.65. The van der Waals surface area contributed by atoms with E-state index in [0.29, 0.717) is 12.6 Å². The Morgan fingerprint density at radius 1 is 1.33 bits per heavy atom. The van der Waals surface area contributed by atoms with Crippen LogP contribution in [0.3, 0.4) is 0 Å². The maximum absolute atomic E-state index is 12.0. The second kappa shape index (κ2) is 6.01. The van der Waals surface area contributed by atoms with Gasteiger partial charge in [0.25, 0.3) is 0 Å². The molecule has 3 nitrogen and oxygen atoms in total. The molecule has 18 heavy (non-hydrogen) atoms. The van der Waals surface area contributed by atoms with Crippen molar-refractivity contribution in [2.24, 2.45) is 5.92 Å². The van der Waals surface area contributed by atoms with E-state index in [2.05, 4.69) is 48.7 Å². The van der Waals surface area contributed by atoms with E-state index in [1.807, 2.05) is 0 Å². The molecule has 1 amide bonds. The third-order valence-corrected chi connectivity index (χ3v) is 3.62. The minimum absolute atomic E-state index is 0.131. The fraction of sp³-hybridized carbons (Fsp3) is 0.533. The topological polar surface area (TPSA) is 41.1 Å². The van der Waals surface area contributed by atoms with Crippen LogP contribution in [-0.2, 0) is 11.3 Å². The van der Waals surface area contributed by atoms with E-state index in [1.54, 1.807) is 0 Å². The molecule has 0 radical (unpaired) electrons. The average Bonchev–Trinajstić information content (AvgIpc) is 2.38. The number of benzene rings is 1. The van der Waals surface area contributed by atoms with Crippen molar-refractivity contribution < 1.29 is 4.79 Å². The van der Waals surface area contributed by atoms with Crippen LogP contribution >= 0.6 is 0 Å². The maximum Gasteiger partial charge on any atom is 0.224 e. The van der Waals surface area contributed by atoms with Gasteiger partial charge in [-0.1, -0.05) is 29.8 Å². The molecule has 98 valence electrons. The molecule has 1 aliphatic heterocycles. The summed E-state index contributed by atoms with van der Waals surface area (Å²) in [6, 6.07) is 8.83. The standard InChI is InChI=1S/C15H22N2O/c1-11-3-6-13(7-4-11)9-17-15(18)14-8-5-12(2)16-10-14/h3-4,6-7,12,14,16H,5,8-10H2,1-2H3,(H,17,18). The van der Waals surface area contributed by atoms with Crippen LogP contribution < -0.4 is 10.6 Å². The van der Waals surface area contributed by atoms with Gasteiger partial charge in [-0.3, -0.25) is 4.79 Å². The Morgan fingerprint density at radius 2 is 2.06 bits per heavy atom. The van der Waals surface area contributed by atoms with Crippen LogP contribution in [0.4, 0.5) is 0 Å². The minimum Gasteiger partial charge on any atom is -0.352 e. The number of nitrogens with one attached hydrogen (secondary N) is 2. The summed E-state index contributed by atoms with van der Waals surface area (Å²) in [4.78, 5) is 12.0. The van der Waals surface area contributed by atoms with Crippen molar-refractivity contribution in [1.29, 1.82) is 0 Å². The molecule has 2 atom stereocenters. The van der Waals surface area contributed by atoms with Gasteiger partial charge in [-0.2, -0.15) is 0 Å². The molecule has 0 saturated carbocycles. The Balaban J connectivity index is 1.79. The first kappa shape index (κ1) is 13.1. The van der Waals surface area contributed by atoms with E-state index < -0.39 is 0 Å². The summed E-state index contributed by atoms with van der Waals surface area (Å²) in [7, 11) is 0. The molecule has 1 fully saturated rings. The second-order valence-corrected chi connectivity index (χ2v) is 5.29. The van der Waals surface area contributed by atoms with Crippen LogP contribution in [0.15, 0.2) is 24.3 Å². The van der Waals surface area contributed by atoms with Gasteiger partial charge < -0.3 is 10.6 Å². The lowest BCUT2D eigenvalue weighted by Gasteiger charge is -2.26. The van der Waals surface area contributed by atoms with Crippen LogP contribution in [0.5, 0.6) is 0 Å². The van der Waals surface area contributed by atoms with Crippen molar-refractivity contribution in [2.45, 2.75) is 39.3 Å². The Hall–Kier alpha value is -1.35. The molecule has 0 bridgehead atoms. The van der Waals surface area contributed by atoms with E-state index in [0.717, 1.165) is 24.9 Å². The lowest BCUT2D eigenvalue weighted by Crippen LogP contribution is -2.43. The average molecular weight is 246 g/mol. The van der Waals surface area contributed by atoms with E-state index in [-0.39, 0.29) is 11.8 Å². The van der Waals surface area contributed by atoms with Gasteiger partial charge in [0.2, 0.25) is 5.91 Å². The van der Waals surface area contributed by atoms with E-state index in [9.17, 15) is 4.79 Å². The number of amides is 1. The van der Waals surface area contributed by atoms with E-state index >= 15 is 0 Å². The molecule has 3 heteroatoms. The molecular formula is C15H22N2O. The summed E-state index contributed by atoms with van der Waals surface area (Å²) in [5.74, 6) is 0.307. The summed E-state index contributed by atoms with van der Waals surface area (Å²) in [5, 5.41) is 6.38. The van der Waals surface area contributed by atoms with Gasteiger partial charge in [-0.05, 0) is 32.3 Å². The van der Waals surface area contributed by atoms with Crippen LogP contribution in [0.2, 0.25) is 0 Å². The number of hydrogen-bond donors (Lipinski definition) is 2. The molecule has 0 spiro atoms. The lowest BCUT2D eigenvalue weighted by molar-refractivity contribution is -0.125. The van der Waals surface area contributed by atoms with Gasteiger partial charge in [0.15, 0.2) is 0 Å². The zero-order valence-corrected chi connectivity index (χ0v) is 11.2. The van der Waals surface area contributed by atoms with Gasteiger partial charge in [-0.25, -0.2) is 0 Å². The summed E-state index contributed by atoms with van der Waals surface area (Å²) >= 11 is 0. The number of carbonyl (C=O) groups excluding carboxylic acids is 1. The molecule has 1 saturated heterocycles. The van der Waals surface area contributed by atoms with Crippen LogP contribution in [0, 0.1) is 12.8 Å². The molecule has 2 N–H and O–H groups in total. The second-order valence-electron chi connectivity index (χ2n) is 5.29. The molecule has 2 unspecified atom stereocenters. The maximum atomic E-state index is 12.0. The smallest absolute Gasteiger partial charge is 0.224 e. The van der Waals surface area contributed by atoms with Crippen molar-refractivity contribution >= 4 is 5.91 Å². The lowest BCUT2D eigenvalue weighted by atomic mass is 9.95. The number of piperidine rings is 1. The van der Waals surface area contributed by atoms with Crippen molar-refractivity contribution in [2.75, 3.05) is 6.54 Å². The normalized spacial score (nSPS) is 23.7. The van der Waals surface area contributed by atoms with Crippen molar-refractivity contribution in [1.82, 2.24) is 10.6 Å². The first-order valence-electron chi connectivity index (χ1n) is 6.72. The molecule has 1 heterocycles. The van der Waals surface area contributed by atoms with E-state index in [4.69, 9.17) is 0 Å². The van der Waals surface area contributed by atoms with Crippen LogP contribution in [0.25, 0.3) is 0 Å². The monoisotopic (exact) mass is 246 g/mol. The highest BCUT2D eigenvalue weighted by Crippen LogP contribution is 2.14. The highest BCUT2D eigenvalue weighted by atomic mass is 16.1. The highest BCUT2D eigenvalue weighted by molar-refractivity contribution is 5.78. The zero-order valence-electron chi connectivity index (χ0n) is 11.2. The molecule has 1 aromatic carbocycles. The van der Waals surface area contributed by atoms with Gasteiger partial charge in [0, 0.05) is 19.1 Å². The fourth-order valence-corrected chi connectivity index (χ4v) is 2.26. The number of aryl methyl sites for hydroxylation is 1. The third-order valence-electron chi connectivity index (χ3n) is 3.62. The molecular weight excluding hydrogens is 224 g/mol. The van der Waals surface area contributed by atoms with Crippen molar-refractivity contribution in [3.8, 4) is 0 Å². The van der Waals surface area contributed by atoms with E-state index in [1.165, 1.54) is 5.56 Å². The molecule has 1 aliphatic rings. The van der Waals surface area contributed by atoms with Gasteiger partial charge in [0.05, 0.1) is 5.92 Å². The molecule has 1 aromatic rings. The van der Waals surface area contributed by atoms with Crippen molar-refractivity contribution in [3.63, 3.8) is 0 Å². The summed E-state index contributed by atoms with van der Waals surface area (Å²) in [6.45, 7) is 5.67. The fourth-order valence-electron chi connectivity index (χ4n) is 2.26. The summed E-state index contributed by atoms with van der Waals surface area (Å²) in [5.41, 5.74) is 2.40. The van der Waals surface area contributed by atoms with Gasteiger partial charge in [0.1, 0.15) is 0 Å². The minimum atomic E-state index is 0.131. The molecule has 0 aromatic heterocycles. The molecule has 0 aliphatic carbocycles. The van der Waals surface area contributed by atoms with Crippen molar-refractivity contribution in [3.05, 3.63) is 35.4 Å². The largest absolute Gasteiger partial charge is 0.352 e. The van der Waals surface area contributed by atoms with Gasteiger partial charge >= 0.3 is 0 Å². The number of rotatable bonds is 3. The third kappa shape index (κ3) is 3.57. The van der Waals surface area contributed by atoms with Crippen LogP contribution in [-0.4, -0.2) is 18.5 Å². The first-order valence-corrected chi connectivity index (χ1v) is 6.72. The van der Waals surface area contributed by atoms with Crippen LogP contribution in [0.1, 0.15) is 30.9 Å². The zero-order chi connectivity index (χ0) is 13.0. The summed E-state index contributed by atoms with van der Waals surface area (Å²) in [6.07, 6.45) is 2.08. The Morgan fingerprint density at radius 3 is 2.67 bits per heavy atom. The van der Waals surface area contributed by atoms with Gasteiger partial charge in [-0.15, -0.1) is 0 Å². The molecule has 2 rings (SSSR count). The summed E-state index contributed by atoms with van der Waals surface area (Å²) < 4.78 is 0. The Bertz CT molecular complexity index is 391. The predicted molar refractivity (Wildman–Crippen MR) is 73.2 cm³/mol. The SMILES string of the molecule is Cc1ccc(CNC(=O)C2CCC(C)NC2)cc1. The number of carbonyl (C=O) groups is 1. The quantitative estimate of drug-likeness (QED) is 0.856.